The minimum atomic E-state index is -0.316. The number of phenolic OH excluding ortho intramolecular Hbond substituents is 1. The van der Waals surface area contributed by atoms with Crippen molar-refractivity contribution in [1.82, 2.24) is 0 Å². The van der Waals surface area contributed by atoms with E-state index in [1.807, 2.05) is 0 Å². The second kappa shape index (κ2) is 4.87. The standard InChI is InChI=1S/C14H15NO2/c15-14(17)6-2-5-10-3-1-4-11-7-8-12(16)9-13(10)11/h1,3-4,7-9,16H,2,5-6H2,(H2,15,17)/i1D. The molecule has 0 aliphatic heterocycles. The van der Waals surface area contributed by atoms with Crippen LogP contribution < -0.4 is 5.73 Å². The summed E-state index contributed by atoms with van der Waals surface area (Å²) >= 11 is 0. The number of rotatable bonds is 4. The lowest BCUT2D eigenvalue weighted by Crippen LogP contribution is -2.10. The second-order valence-electron chi connectivity index (χ2n) is 4.07. The van der Waals surface area contributed by atoms with Crippen LogP contribution in [-0.2, 0) is 11.2 Å². The SMILES string of the molecule is [2H]c1cc(CCCC(N)=O)c2cc(O)ccc2c1. The molecule has 0 aliphatic rings. The Morgan fingerprint density at radius 1 is 1.35 bits per heavy atom. The molecule has 0 atom stereocenters. The van der Waals surface area contributed by atoms with Crippen molar-refractivity contribution < 1.29 is 11.3 Å². The van der Waals surface area contributed by atoms with Crippen LogP contribution in [0.25, 0.3) is 10.8 Å². The maximum Gasteiger partial charge on any atom is 0.217 e. The molecule has 3 nitrogen and oxygen atoms in total. The molecule has 0 fully saturated rings. The van der Waals surface area contributed by atoms with Crippen LogP contribution in [0.2, 0.25) is 0 Å². The van der Waals surface area contributed by atoms with Gasteiger partial charge in [-0.2, -0.15) is 0 Å². The molecule has 0 spiro atoms. The molecular weight excluding hydrogens is 214 g/mol. The molecule has 3 N–H and O–H groups in total. The van der Waals surface area contributed by atoms with Crippen molar-refractivity contribution >= 4 is 16.7 Å². The van der Waals surface area contributed by atoms with Gasteiger partial charge in [0.05, 0.1) is 1.37 Å². The molecular formula is C14H15NO2. The Labute approximate surface area is 101 Å². The van der Waals surface area contributed by atoms with Crippen molar-refractivity contribution in [2.75, 3.05) is 0 Å². The largest absolute Gasteiger partial charge is 0.508 e. The molecule has 0 radical (unpaired) electrons. The molecule has 3 heteroatoms. The zero-order chi connectivity index (χ0) is 13.1. The third-order valence-electron chi connectivity index (χ3n) is 2.75. The molecule has 0 aliphatic carbocycles. The maximum atomic E-state index is 10.7. The van der Waals surface area contributed by atoms with E-state index in [1.54, 1.807) is 30.3 Å². The number of aryl methyl sites for hydroxylation is 1. The van der Waals surface area contributed by atoms with Gasteiger partial charge >= 0.3 is 0 Å². The minimum Gasteiger partial charge on any atom is -0.508 e. The first-order chi connectivity index (χ1) is 8.56. The number of fused-ring (bicyclic) bond motifs is 1. The summed E-state index contributed by atoms with van der Waals surface area (Å²) in [6, 6.07) is 9.04. The summed E-state index contributed by atoms with van der Waals surface area (Å²) in [5, 5.41) is 11.4. The van der Waals surface area contributed by atoms with Crippen LogP contribution in [0.15, 0.2) is 36.4 Å². The Morgan fingerprint density at radius 2 is 2.18 bits per heavy atom. The monoisotopic (exact) mass is 230 g/mol. The summed E-state index contributed by atoms with van der Waals surface area (Å²) in [6.07, 6.45) is 1.67. The highest BCUT2D eigenvalue weighted by Crippen LogP contribution is 2.24. The summed E-state index contributed by atoms with van der Waals surface area (Å²) in [7, 11) is 0. The highest BCUT2D eigenvalue weighted by atomic mass is 16.3. The number of phenols is 1. The number of carbonyl (C=O) groups is 1. The van der Waals surface area contributed by atoms with Gasteiger partial charge in [-0.15, -0.1) is 0 Å². The summed E-state index contributed by atoms with van der Waals surface area (Å²) in [6.45, 7) is 0. The Kier molecular flexibility index (Phi) is 2.91. The summed E-state index contributed by atoms with van der Waals surface area (Å²) in [5.41, 5.74) is 6.07. The van der Waals surface area contributed by atoms with Crippen molar-refractivity contribution in [2.45, 2.75) is 19.3 Å². The van der Waals surface area contributed by atoms with Gasteiger partial charge in [0.1, 0.15) is 5.75 Å². The van der Waals surface area contributed by atoms with E-state index in [2.05, 4.69) is 0 Å². The predicted octanol–water partition coefficient (Wildman–Crippen LogP) is 2.35. The lowest BCUT2D eigenvalue weighted by molar-refractivity contribution is -0.118. The first-order valence-corrected chi connectivity index (χ1v) is 5.57. The molecule has 2 rings (SSSR count). The van der Waals surface area contributed by atoms with Crippen LogP contribution in [0, 0.1) is 0 Å². The molecule has 0 saturated heterocycles. The molecule has 0 aromatic heterocycles. The molecule has 17 heavy (non-hydrogen) atoms. The van der Waals surface area contributed by atoms with Crippen LogP contribution in [0.1, 0.15) is 19.8 Å². The van der Waals surface area contributed by atoms with Crippen molar-refractivity contribution in [1.29, 1.82) is 0 Å². The molecule has 0 bridgehead atoms. The fraction of sp³-hybridized carbons (Fsp3) is 0.214. The van der Waals surface area contributed by atoms with Crippen LogP contribution in [0.5, 0.6) is 5.75 Å². The van der Waals surface area contributed by atoms with Crippen molar-refractivity contribution in [2.24, 2.45) is 5.73 Å². The van der Waals surface area contributed by atoms with E-state index in [9.17, 15) is 9.90 Å². The summed E-state index contributed by atoms with van der Waals surface area (Å²) in [4.78, 5) is 10.7. The van der Waals surface area contributed by atoms with Crippen LogP contribution in [0.3, 0.4) is 0 Å². The second-order valence-corrected chi connectivity index (χ2v) is 4.07. The minimum absolute atomic E-state index is 0.205. The zero-order valence-electron chi connectivity index (χ0n) is 10.4. The quantitative estimate of drug-likeness (QED) is 0.846. The molecule has 0 unspecified atom stereocenters. The number of hydrogen-bond donors (Lipinski definition) is 2. The average molecular weight is 230 g/mol. The summed E-state index contributed by atoms with van der Waals surface area (Å²) in [5.74, 6) is -0.111. The fourth-order valence-electron chi connectivity index (χ4n) is 1.92. The van der Waals surface area contributed by atoms with Crippen molar-refractivity contribution in [3.63, 3.8) is 0 Å². The maximum absolute atomic E-state index is 10.7. The molecule has 88 valence electrons. The number of amides is 1. The number of aromatic hydroxyl groups is 1. The highest BCUT2D eigenvalue weighted by molar-refractivity contribution is 5.87. The van der Waals surface area contributed by atoms with Gasteiger partial charge < -0.3 is 10.8 Å². The third kappa shape index (κ3) is 2.75. The normalized spacial score (nSPS) is 11.4. The number of carbonyl (C=O) groups excluding carboxylic acids is 1. The third-order valence-corrected chi connectivity index (χ3v) is 2.75. The first-order valence-electron chi connectivity index (χ1n) is 6.07. The fourth-order valence-corrected chi connectivity index (χ4v) is 1.92. The average Bonchev–Trinajstić information content (AvgIpc) is 2.29. The first kappa shape index (κ1) is 10.1. The van der Waals surface area contributed by atoms with E-state index in [4.69, 9.17) is 7.10 Å². The van der Waals surface area contributed by atoms with Crippen LogP contribution in [-0.4, -0.2) is 11.0 Å². The van der Waals surface area contributed by atoms with Gasteiger partial charge in [-0.25, -0.2) is 0 Å². The van der Waals surface area contributed by atoms with Crippen molar-refractivity contribution in [3.05, 3.63) is 41.9 Å². The lowest BCUT2D eigenvalue weighted by Gasteiger charge is -2.06. The number of benzene rings is 2. The van der Waals surface area contributed by atoms with E-state index in [-0.39, 0.29) is 11.7 Å². The van der Waals surface area contributed by atoms with Crippen molar-refractivity contribution in [3.8, 4) is 5.75 Å². The topological polar surface area (TPSA) is 63.3 Å². The van der Waals surface area contributed by atoms with E-state index in [0.717, 1.165) is 16.3 Å². The number of hydrogen-bond acceptors (Lipinski definition) is 2. The van der Waals surface area contributed by atoms with Gasteiger partial charge in [0.15, 0.2) is 0 Å². The van der Waals surface area contributed by atoms with Crippen LogP contribution >= 0.6 is 0 Å². The number of nitrogens with two attached hydrogens (primary N) is 1. The zero-order valence-corrected chi connectivity index (χ0v) is 9.44. The Balaban J connectivity index is 2.35. The predicted molar refractivity (Wildman–Crippen MR) is 67.7 cm³/mol. The van der Waals surface area contributed by atoms with E-state index < -0.39 is 0 Å². The van der Waals surface area contributed by atoms with Gasteiger partial charge in [-0.05, 0) is 41.3 Å². The van der Waals surface area contributed by atoms with Gasteiger partial charge in [0.2, 0.25) is 5.91 Å². The lowest BCUT2D eigenvalue weighted by atomic mass is 10.00. The van der Waals surface area contributed by atoms with Gasteiger partial charge in [-0.1, -0.05) is 24.2 Å². The van der Waals surface area contributed by atoms with Gasteiger partial charge in [0, 0.05) is 6.42 Å². The molecule has 2 aromatic rings. The molecule has 1 amide bonds. The molecule has 0 saturated carbocycles. The van der Waals surface area contributed by atoms with E-state index in [1.165, 1.54) is 0 Å². The molecule has 0 heterocycles. The Hall–Kier alpha value is -2.03. The highest BCUT2D eigenvalue weighted by Gasteiger charge is 2.03. The summed E-state index contributed by atoms with van der Waals surface area (Å²) < 4.78 is 7.74. The van der Waals surface area contributed by atoms with Crippen LogP contribution in [0.4, 0.5) is 0 Å². The smallest absolute Gasteiger partial charge is 0.217 e. The number of primary amides is 1. The van der Waals surface area contributed by atoms with E-state index in [0.29, 0.717) is 25.3 Å². The van der Waals surface area contributed by atoms with E-state index >= 15 is 0 Å². The Bertz CT molecular complexity index is 596. The van der Waals surface area contributed by atoms with Gasteiger partial charge in [0.25, 0.3) is 0 Å². The Morgan fingerprint density at radius 3 is 2.94 bits per heavy atom. The van der Waals surface area contributed by atoms with Gasteiger partial charge in [-0.3, -0.25) is 4.79 Å². The molecule has 2 aromatic carbocycles.